The molecular weight excluding hydrogens is 206 g/mol. The molecule has 1 aromatic rings. The van der Waals surface area contributed by atoms with E-state index in [-0.39, 0.29) is 6.10 Å². The van der Waals surface area contributed by atoms with Crippen LogP contribution in [0.1, 0.15) is 20.3 Å². The van der Waals surface area contributed by atoms with Crippen molar-refractivity contribution in [3.05, 3.63) is 12.4 Å². The van der Waals surface area contributed by atoms with Gasteiger partial charge in [0, 0.05) is 19.7 Å². The van der Waals surface area contributed by atoms with E-state index in [9.17, 15) is 0 Å². The highest BCUT2D eigenvalue weighted by atomic mass is 16.5. The first-order chi connectivity index (χ1) is 7.76. The molecule has 5 nitrogen and oxygen atoms in total. The topological polar surface area (TPSA) is 56.3 Å². The molecule has 1 N–H and O–H groups in total. The maximum atomic E-state index is 5.56. The van der Waals surface area contributed by atoms with Gasteiger partial charge in [-0.25, -0.2) is 9.97 Å². The van der Waals surface area contributed by atoms with Gasteiger partial charge < -0.3 is 14.8 Å². The maximum absolute atomic E-state index is 5.56. The molecule has 0 aliphatic rings. The molecule has 1 rings (SSSR count). The first-order valence-corrected chi connectivity index (χ1v) is 5.47. The molecule has 1 atom stereocenters. The van der Waals surface area contributed by atoms with E-state index < -0.39 is 0 Å². The molecule has 0 radical (unpaired) electrons. The second-order valence-electron chi connectivity index (χ2n) is 3.55. The van der Waals surface area contributed by atoms with Crippen LogP contribution in [0.2, 0.25) is 0 Å². The van der Waals surface area contributed by atoms with E-state index in [0.29, 0.717) is 12.5 Å². The maximum Gasteiger partial charge on any atom is 0.218 e. The standard InChI is InChI=1S/C11H19N3O2/c1-4-5-12-10-6-11(14-8-13-10)16-9(2)7-15-3/h6,8-9H,4-5,7H2,1-3H3,(H,12,13,14). The lowest BCUT2D eigenvalue weighted by Crippen LogP contribution is -2.18. The van der Waals surface area contributed by atoms with E-state index in [1.165, 1.54) is 6.33 Å². The van der Waals surface area contributed by atoms with Crippen LogP contribution in [0.25, 0.3) is 0 Å². The molecule has 1 aromatic heterocycles. The fourth-order valence-electron chi connectivity index (χ4n) is 1.23. The Morgan fingerprint density at radius 2 is 2.25 bits per heavy atom. The summed E-state index contributed by atoms with van der Waals surface area (Å²) in [7, 11) is 1.65. The number of nitrogens with zero attached hydrogens (tertiary/aromatic N) is 2. The average molecular weight is 225 g/mol. The Hall–Kier alpha value is -1.36. The lowest BCUT2D eigenvalue weighted by molar-refractivity contribution is 0.0889. The number of hydrogen-bond donors (Lipinski definition) is 1. The summed E-state index contributed by atoms with van der Waals surface area (Å²) in [5.74, 6) is 1.36. The van der Waals surface area contributed by atoms with E-state index >= 15 is 0 Å². The molecule has 5 heteroatoms. The predicted octanol–water partition coefficient (Wildman–Crippen LogP) is 1.71. The molecule has 0 saturated heterocycles. The predicted molar refractivity (Wildman–Crippen MR) is 62.8 cm³/mol. The molecule has 0 fully saturated rings. The molecule has 0 saturated carbocycles. The van der Waals surface area contributed by atoms with E-state index in [2.05, 4.69) is 22.2 Å². The van der Waals surface area contributed by atoms with Crippen LogP contribution >= 0.6 is 0 Å². The number of anilines is 1. The summed E-state index contributed by atoms with van der Waals surface area (Å²) < 4.78 is 10.5. The Kier molecular flexibility index (Phi) is 5.56. The third kappa shape index (κ3) is 4.44. The summed E-state index contributed by atoms with van der Waals surface area (Å²) in [4.78, 5) is 8.14. The largest absolute Gasteiger partial charge is 0.472 e. The van der Waals surface area contributed by atoms with Gasteiger partial charge in [-0.2, -0.15) is 0 Å². The van der Waals surface area contributed by atoms with Crippen molar-refractivity contribution in [3.8, 4) is 5.88 Å². The van der Waals surface area contributed by atoms with Gasteiger partial charge >= 0.3 is 0 Å². The second-order valence-corrected chi connectivity index (χ2v) is 3.55. The van der Waals surface area contributed by atoms with Crippen LogP contribution < -0.4 is 10.1 Å². The molecule has 1 heterocycles. The van der Waals surface area contributed by atoms with Crippen LogP contribution in [0, 0.1) is 0 Å². The first kappa shape index (κ1) is 12.7. The minimum absolute atomic E-state index is 0.0149. The molecular formula is C11H19N3O2. The number of nitrogens with one attached hydrogen (secondary N) is 1. The van der Waals surface area contributed by atoms with Crippen LogP contribution in [-0.2, 0) is 4.74 Å². The zero-order valence-electron chi connectivity index (χ0n) is 10.1. The molecule has 1 unspecified atom stereocenters. The van der Waals surface area contributed by atoms with Crippen molar-refractivity contribution >= 4 is 5.82 Å². The number of methoxy groups -OCH3 is 1. The summed E-state index contributed by atoms with van der Waals surface area (Å²) in [5.41, 5.74) is 0. The van der Waals surface area contributed by atoms with Gasteiger partial charge in [0.05, 0.1) is 6.61 Å². The summed E-state index contributed by atoms with van der Waals surface area (Å²) in [6.45, 7) is 5.48. The van der Waals surface area contributed by atoms with E-state index in [0.717, 1.165) is 18.8 Å². The normalized spacial score (nSPS) is 12.2. The van der Waals surface area contributed by atoms with Crippen LogP contribution in [0.15, 0.2) is 12.4 Å². The Morgan fingerprint density at radius 3 is 2.94 bits per heavy atom. The van der Waals surface area contributed by atoms with Crippen molar-refractivity contribution in [2.24, 2.45) is 0 Å². The van der Waals surface area contributed by atoms with E-state index in [1.54, 1.807) is 13.2 Å². The molecule has 16 heavy (non-hydrogen) atoms. The van der Waals surface area contributed by atoms with Gasteiger partial charge in [-0.05, 0) is 13.3 Å². The van der Waals surface area contributed by atoms with Crippen molar-refractivity contribution in [1.29, 1.82) is 0 Å². The Morgan fingerprint density at radius 1 is 1.44 bits per heavy atom. The lowest BCUT2D eigenvalue weighted by Gasteiger charge is -2.13. The zero-order valence-corrected chi connectivity index (χ0v) is 10.1. The highest BCUT2D eigenvalue weighted by molar-refractivity contribution is 5.36. The molecule has 0 aliphatic carbocycles. The second kappa shape index (κ2) is 7.00. The van der Waals surface area contributed by atoms with Gasteiger partial charge in [-0.3, -0.25) is 0 Å². The van der Waals surface area contributed by atoms with Crippen molar-refractivity contribution < 1.29 is 9.47 Å². The van der Waals surface area contributed by atoms with Crippen LogP contribution in [0.4, 0.5) is 5.82 Å². The minimum Gasteiger partial charge on any atom is -0.472 e. The Labute approximate surface area is 96.2 Å². The van der Waals surface area contributed by atoms with Crippen molar-refractivity contribution in [2.45, 2.75) is 26.4 Å². The molecule has 0 amide bonds. The minimum atomic E-state index is -0.0149. The van der Waals surface area contributed by atoms with Gasteiger partial charge in [0.2, 0.25) is 5.88 Å². The van der Waals surface area contributed by atoms with Gasteiger partial charge in [0.15, 0.2) is 0 Å². The van der Waals surface area contributed by atoms with Crippen molar-refractivity contribution in [3.63, 3.8) is 0 Å². The Balaban J connectivity index is 2.52. The van der Waals surface area contributed by atoms with Crippen molar-refractivity contribution in [2.75, 3.05) is 25.6 Å². The zero-order chi connectivity index (χ0) is 11.8. The van der Waals surface area contributed by atoms with Gasteiger partial charge in [0.25, 0.3) is 0 Å². The molecule has 0 bridgehead atoms. The lowest BCUT2D eigenvalue weighted by atomic mass is 10.4. The monoisotopic (exact) mass is 225 g/mol. The van der Waals surface area contributed by atoms with Gasteiger partial charge in [-0.1, -0.05) is 6.92 Å². The first-order valence-electron chi connectivity index (χ1n) is 5.47. The smallest absolute Gasteiger partial charge is 0.218 e. The number of hydrogen-bond acceptors (Lipinski definition) is 5. The highest BCUT2D eigenvalue weighted by Crippen LogP contribution is 2.12. The number of aromatic nitrogens is 2. The number of rotatable bonds is 7. The van der Waals surface area contributed by atoms with E-state index in [1.807, 2.05) is 6.92 Å². The third-order valence-electron chi connectivity index (χ3n) is 1.92. The summed E-state index contributed by atoms with van der Waals surface area (Å²) >= 11 is 0. The van der Waals surface area contributed by atoms with E-state index in [4.69, 9.17) is 9.47 Å². The quantitative estimate of drug-likeness (QED) is 0.765. The molecule has 0 aromatic carbocycles. The Bertz CT molecular complexity index is 307. The number of ether oxygens (including phenoxy) is 2. The average Bonchev–Trinajstić information content (AvgIpc) is 2.27. The molecule has 0 aliphatic heterocycles. The summed E-state index contributed by atoms with van der Waals surface area (Å²) in [6.07, 6.45) is 2.53. The van der Waals surface area contributed by atoms with Gasteiger partial charge in [0.1, 0.15) is 18.2 Å². The summed E-state index contributed by atoms with van der Waals surface area (Å²) in [5, 5.41) is 3.18. The molecule has 0 spiro atoms. The SMILES string of the molecule is CCCNc1cc(OC(C)COC)ncn1. The molecule has 90 valence electrons. The fraction of sp³-hybridized carbons (Fsp3) is 0.636. The third-order valence-corrected chi connectivity index (χ3v) is 1.92. The fourth-order valence-corrected chi connectivity index (χ4v) is 1.23. The van der Waals surface area contributed by atoms with Crippen LogP contribution in [0.5, 0.6) is 5.88 Å². The van der Waals surface area contributed by atoms with Crippen LogP contribution in [-0.4, -0.2) is 36.3 Å². The highest BCUT2D eigenvalue weighted by Gasteiger charge is 2.05. The van der Waals surface area contributed by atoms with Crippen LogP contribution in [0.3, 0.4) is 0 Å². The summed E-state index contributed by atoms with van der Waals surface area (Å²) in [6, 6.07) is 1.79. The van der Waals surface area contributed by atoms with Crippen molar-refractivity contribution in [1.82, 2.24) is 9.97 Å². The van der Waals surface area contributed by atoms with Gasteiger partial charge in [-0.15, -0.1) is 0 Å².